The second-order valence-corrected chi connectivity index (χ2v) is 5.03. The number of hydrogen-bond donors (Lipinski definition) is 1. The third-order valence-corrected chi connectivity index (χ3v) is 3.62. The van der Waals surface area contributed by atoms with Gasteiger partial charge < -0.3 is 10.1 Å². The molecule has 96 valence electrons. The van der Waals surface area contributed by atoms with Gasteiger partial charge in [0.15, 0.2) is 0 Å². The highest BCUT2D eigenvalue weighted by atomic mass is 35.5. The fourth-order valence-electron chi connectivity index (χ4n) is 2.35. The Labute approximate surface area is 117 Å². The number of rotatable bonds is 2. The van der Waals surface area contributed by atoms with Gasteiger partial charge in [0.2, 0.25) is 0 Å². The number of allylic oxidation sites excluding steroid dienone is 1. The molecule has 2 aromatic carbocycles. The van der Waals surface area contributed by atoms with E-state index in [1.807, 2.05) is 18.2 Å². The highest BCUT2D eigenvalue weighted by molar-refractivity contribution is 6.33. The molecule has 0 amide bonds. The van der Waals surface area contributed by atoms with Crippen molar-refractivity contribution >= 4 is 17.3 Å². The molecule has 0 fully saturated rings. The molecular formula is C16H14ClNO. The smallest absolute Gasteiger partial charge is 0.120 e. The lowest BCUT2D eigenvalue weighted by Crippen LogP contribution is -1.87. The highest BCUT2D eigenvalue weighted by Crippen LogP contribution is 2.35. The summed E-state index contributed by atoms with van der Waals surface area (Å²) < 4.78 is 5.17. The Hall–Kier alpha value is -1.93. The number of benzene rings is 2. The molecule has 0 atom stereocenters. The van der Waals surface area contributed by atoms with Crippen molar-refractivity contribution in [1.82, 2.24) is 0 Å². The lowest BCUT2D eigenvalue weighted by molar-refractivity contribution is 0.415. The van der Waals surface area contributed by atoms with Crippen LogP contribution in [0.3, 0.4) is 0 Å². The Kier molecular flexibility index (Phi) is 2.96. The van der Waals surface area contributed by atoms with Crippen molar-refractivity contribution in [2.75, 3.05) is 12.4 Å². The van der Waals surface area contributed by atoms with Gasteiger partial charge in [-0.05, 0) is 41.5 Å². The average molecular weight is 272 g/mol. The molecule has 1 heterocycles. The summed E-state index contributed by atoms with van der Waals surface area (Å²) in [5.74, 6) is 0.768. The Balaban J connectivity index is 2.04. The second kappa shape index (κ2) is 4.63. The van der Waals surface area contributed by atoms with Gasteiger partial charge in [0.1, 0.15) is 5.75 Å². The van der Waals surface area contributed by atoms with Crippen molar-refractivity contribution in [3.05, 3.63) is 59.3 Å². The number of ether oxygens (including phenoxy) is 1. The lowest BCUT2D eigenvalue weighted by Gasteiger charge is -2.08. The maximum Gasteiger partial charge on any atom is 0.120 e. The molecular weight excluding hydrogens is 258 g/mol. The number of halogens is 1. The molecule has 1 aliphatic rings. The summed E-state index contributed by atoms with van der Waals surface area (Å²) in [5, 5.41) is 3.96. The van der Waals surface area contributed by atoms with Crippen LogP contribution in [0.2, 0.25) is 5.02 Å². The van der Waals surface area contributed by atoms with Gasteiger partial charge in [0.25, 0.3) is 0 Å². The molecule has 0 bridgehead atoms. The van der Waals surface area contributed by atoms with E-state index in [0.29, 0.717) is 5.02 Å². The maximum atomic E-state index is 6.31. The fourth-order valence-corrected chi connectivity index (χ4v) is 2.63. The van der Waals surface area contributed by atoms with Gasteiger partial charge in [-0.3, -0.25) is 0 Å². The van der Waals surface area contributed by atoms with E-state index in [1.165, 1.54) is 5.56 Å². The molecule has 3 rings (SSSR count). The van der Waals surface area contributed by atoms with Gasteiger partial charge in [0.05, 0.1) is 12.1 Å². The summed E-state index contributed by atoms with van der Waals surface area (Å²) in [7, 11) is 1.64. The predicted molar refractivity (Wildman–Crippen MR) is 79.9 cm³/mol. The SMILES string of the molecule is C=C1Cc2cc(-c3ccc(OC)cc3Cl)ccc2N1. The summed E-state index contributed by atoms with van der Waals surface area (Å²) in [6.07, 6.45) is 0.872. The molecule has 19 heavy (non-hydrogen) atoms. The first-order chi connectivity index (χ1) is 9.17. The molecule has 2 nitrogen and oxygen atoms in total. The minimum Gasteiger partial charge on any atom is -0.497 e. The van der Waals surface area contributed by atoms with Gasteiger partial charge >= 0.3 is 0 Å². The van der Waals surface area contributed by atoms with Crippen LogP contribution in [0.5, 0.6) is 5.75 Å². The molecule has 1 N–H and O–H groups in total. The number of anilines is 1. The maximum absolute atomic E-state index is 6.31. The topological polar surface area (TPSA) is 21.3 Å². The highest BCUT2D eigenvalue weighted by Gasteiger charge is 2.14. The minimum absolute atomic E-state index is 0.698. The molecule has 0 saturated carbocycles. The van der Waals surface area contributed by atoms with Gasteiger partial charge in [-0.15, -0.1) is 0 Å². The summed E-state index contributed by atoms with van der Waals surface area (Å²) in [5.41, 5.74) is 5.56. The van der Waals surface area contributed by atoms with Crippen molar-refractivity contribution < 1.29 is 4.74 Å². The van der Waals surface area contributed by atoms with E-state index < -0.39 is 0 Å². The Morgan fingerprint density at radius 2 is 2.05 bits per heavy atom. The molecule has 0 aliphatic carbocycles. The molecule has 0 aromatic heterocycles. The largest absolute Gasteiger partial charge is 0.497 e. The number of hydrogen-bond acceptors (Lipinski definition) is 2. The van der Waals surface area contributed by atoms with Crippen LogP contribution in [0.25, 0.3) is 11.1 Å². The predicted octanol–water partition coefficient (Wildman–Crippen LogP) is 4.50. The van der Waals surface area contributed by atoms with E-state index in [-0.39, 0.29) is 0 Å². The first kappa shape index (κ1) is 12.1. The van der Waals surface area contributed by atoms with Crippen LogP contribution in [0.1, 0.15) is 5.56 Å². The zero-order valence-corrected chi connectivity index (χ0v) is 11.4. The minimum atomic E-state index is 0.698. The molecule has 3 heteroatoms. The summed E-state index contributed by atoms with van der Waals surface area (Å²) in [6, 6.07) is 12.0. The van der Waals surface area contributed by atoms with Gasteiger partial charge in [0, 0.05) is 23.4 Å². The first-order valence-corrected chi connectivity index (χ1v) is 6.47. The van der Waals surface area contributed by atoms with Crippen LogP contribution in [0.15, 0.2) is 48.7 Å². The van der Waals surface area contributed by atoms with E-state index in [9.17, 15) is 0 Å². The Morgan fingerprint density at radius 1 is 1.21 bits per heavy atom. The zero-order chi connectivity index (χ0) is 13.4. The molecule has 1 aliphatic heterocycles. The van der Waals surface area contributed by atoms with Crippen LogP contribution >= 0.6 is 11.6 Å². The Bertz CT molecular complexity index is 664. The molecule has 0 spiro atoms. The number of nitrogens with one attached hydrogen (secondary N) is 1. The average Bonchev–Trinajstić information content (AvgIpc) is 2.77. The zero-order valence-electron chi connectivity index (χ0n) is 10.7. The quantitative estimate of drug-likeness (QED) is 0.868. The third-order valence-electron chi connectivity index (χ3n) is 3.31. The van der Waals surface area contributed by atoms with Gasteiger partial charge in [-0.2, -0.15) is 0 Å². The van der Waals surface area contributed by atoms with E-state index in [2.05, 4.69) is 30.1 Å². The summed E-state index contributed by atoms with van der Waals surface area (Å²) in [6.45, 7) is 3.96. The van der Waals surface area contributed by atoms with Crippen molar-refractivity contribution in [1.29, 1.82) is 0 Å². The Morgan fingerprint density at radius 3 is 2.79 bits per heavy atom. The standard InChI is InChI=1S/C16H14ClNO/c1-10-7-12-8-11(3-6-16(12)18-10)14-5-4-13(19-2)9-15(14)17/h3-6,8-9,18H,1,7H2,2H3. The van der Waals surface area contributed by atoms with E-state index in [1.54, 1.807) is 7.11 Å². The van der Waals surface area contributed by atoms with Crippen molar-refractivity contribution in [3.63, 3.8) is 0 Å². The number of methoxy groups -OCH3 is 1. The summed E-state index contributed by atoms with van der Waals surface area (Å²) >= 11 is 6.31. The molecule has 2 aromatic rings. The normalized spacial score (nSPS) is 13.1. The van der Waals surface area contributed by atoms with E-state index >= 15 is 0 Å². The van der Waals surface area contributed by atoms with Crippen molar-refractivity contribution in [3.8, 4) is 16.9 Å². The third kappa shape index (κ3) is 2.20. The molecule has 0 saturated heterocycles. The van der Waals surface area contributed by atoms with E-state index in [4.69, 9.17) is 16.3 Å². The first-order valence-electron chi connectivity index (χ1n) is 6.09. The van der Waals surface area contributed by atoms with Crippen LogP contribution in [0.4, 0.5) is 5.69 Å². The second-order valence-electron chi connectivity index (χ2n) is 4.62. The monoisotopic (exact) mass is 271 g/mol. The van der Waals surface area contributed by atoms with Crippen molar-refractivity contribution in [2.45, 2.75) is 6.42 Å². The van der Waals surface area contributed by atoms with Crippen LogP contribution in [-0.4, -0.2) is 7.11 Å². The van der Waals surface area contributed by atoms with Crippen molar-refractivity contribution in [2.24, 2.45) is 0 Å². The van der Waals surface area contributed by atoms with Crippen LogP contribution in [0, 0.1) is 0 Å². The summed E-state index contributed by atoms with van der Waals surface area (Å²) in [4.78, 5) is 0. The lowest BCUT2D eigenvalue weighted by atomic mass is 10.0. The molecule has 0 unspecified atom stereocenters. The molecule has 0 radical (unpaired) electrons. The number of fused-ring (bicyclic) bond motifs is 1. The van der Waals surface area contributed by atoms with Gasteiger partial charge in [-0.1, -0.05) is 24.2 Å². The van der Waals surface area contributed by atoms with Gasteiger partial charge in [-0.25, -0.2) is 0 Å². The van der Waals surface area contributed by atoms with Crippen LogP contribution in [-0.2, 0) is 6.42 Å². The fraction of sp³-hybridized carbons (Fsp3) is 0.125. The van der Waals surface area contributed by atoms with E-state index in [0.717, 1.165) is 34.7 Å². The van der Waals surface area contributed by atoms with Crippen LogP contribution < -0.4 is 10.1 Å².